The van der Waals surface area contributed by atoms with Crippen molar-refractivity contribution in [2.24, 2.45) is 0 Å². The second kappa shape index (κ2) is 7.89. The number of amides is 1. The van der Waals surface area contributed by atoms with Crippen molar-refractivity contribution in [2.45, 2.75) is 39.8 Å². The van der Waals surface area contributed by atoms with Crippen LogP contribution in [0.25, 0.3) is 0 Å². The third-order valence-electron chi connectivity index (χ3n) is 5.26. The molecule has 6 nitrogen and oxygen atoms in total. The lowest BCUT2D eigenvalue weighted by Crippen LogP contribution is -2.54. The van der Waals surface area contributed by atoms with Crippen LogP contribution in [0.2, 0.25) is 0 Å². The molecular formula is C19H31N3O3. The Kier molecular flexibility index (Phi) is 5.81. The van der Waals surface area contributed by atoms with Crippen LogP contribution in [0, 0.1) is 13.8 Å². The zero-order valence-electron chi connectivity index (χ0n) is 16.0. The molecule has 140 valence electrons. The molecule has 2 aliphatic rings. The molecule has 3 rings (SSSR count). The number of piperazine rings is 1. The summed E-state index contributed by atoms with van der Waals surface area (Å²) in [7, 11) is 0. The van der Waals surface area contributed by atoms with Crippen LogP contribution in [0.1, 0.15) is 35.7 Å². The number of rotatable bonds is 4. The van der Waals surface area contributed by atoms with Crippen molar-refractivity contribution >= 4 is 5.91 Å². The molecule has 2 aliphatic heterocycles. The van der Waals surface area contributed by atoms with Gasteiger partial charge in [-0.15, -0.1) is 0 Å². The molecule has 0 saturated carbocycles. The Bertz CT molecular complexity index is 591. The number of aryl methyl sites for hydroxylation is 2. The topological polar surface area (TPSA) is 49.2 Å². The molecule has 0 aromatic carbocycles. The van der Waals surface area contributed by atoms with E-state index in [1.54, 1.807) is 0 Å². The number of nitrogens with zero attached hydrogens (tertiary/aromatic N) is 3. The van der Waals surface area contributed by atoms with Gasteiger partial charge in [0, 0.05) is 57.4 Å². The van der Waals surface area contributed by atoms with Crippen molar-refractivity contribution in [1.29, 1.82) is 0 Å². The first kappa shape index (κ1) is 18.4. The van der Waals surface area contributed by atoms with Crippen LogP contribution in [0.4, 0.5) is 0 Å². The maximum absolute atomic E-state index is 12.6. The van der Waals surface area contributed by atoms with Gasteiger partial charge in [-0.3, -0.25) is 14.6 Å². The van der Waals surface area contributed by atoms with E-state index in [-0.39, 0.29) is 12.0 Å². The molecule has 2 saturated heterocycles. The summed E-state index contributed by atoms with van der Waals surface area (Å²) in [6, 6.07) is 2.49. The molecule has 1 atom stereocenters. The molecule has 0 radical (unpaired) electrons. The molecule has 3 heterocycles. The smallest absolute Gasteiger partial charge is 0.289 e. The van der Waals surface area contributed by atoms with E-state index >= 15 is 0 Å². The maximum atomic E-state index is 12.6. The Morgan fingerprint density at radius 3 is 2.52 bits per heavy atom. The number of carbonyl (C=O) groups excluding carboxylic acids is 1. The zero-order chi connectivity index (χ0) is 18.0. The number of hydrogen-bond donors (Lipinski definition) is 0. The van der Waals surface area contributed by atoms with Gasteiger partial charge < -0.3 is 14.1 Å². The highest BCUT2D eigenvalue weighted by atomic mass is 16.5. The molecule has 0 bridgehead atoms. The van der Waals surface area contributed by atoms with Gasteiger partial charge in [0.05, 0.1) is 12.7 Å². The van der Waals surface area contributed by atoms with Gasteiger partial charge in [0.2, 0.25) is 0 Å². The summed E-state index contributed by atoms with van der Waals surface area (Å²) in [4.78, 5) is 19.4. The standard InChI is InChI=1S/C19H31N3O3/c1-14(2)22-9-10-24-17(13-22)12-20-5-7-21(8-6-20)19(23)18-15(3)11-16(4)25-18/h11,14,17H,5-10,12-13H2,1-4H3. The van der Waals surface area contributed by atoms with Gasteiger partial charge in [-0.2, -0.15) is 0 Å². The lowest BCUT2D eigenvalue weighted by atomic mass is 10.2. The van der Waals surface area contributed by atoms with Crippen molar-refractivity contribution in [3.05, 3.63) is 23.2 Å². The SMILES string of the molecule is Cc1cc(C)c(C(=O)N2CCN(CC3CN(C(C)C)CCO3)CC2)o1. The van der Waals surface area contributed by atoms with E-state index in [0.29, 0.717) is 11.8 Å². The number of furan rings is 1. The lowest BCUT2D eigenvalue weighted by Gasteiger charge is -2.40. The van der Waals surface area contributed by atoms with Gasteiger partial charge in [0.15, 0.2) is 5.76 Å². The third kappa shape index (κ3) is 4.43. The highest BCUT2D eigenvalue weighted by molar-refractivity contribution is 5.93. The summed E-state index contributed by atoms with van der Waals surface area (Å²) < 4.78 is 11.5. The molecule has 6 heteroatoms. The Balaban J connectivity index is 1.49. The van der Waals surface area contributed by atoms with E-state index in [2.05, 4.69) is 23.6 Å². The molecule has 2 fully saturated rings. The Labute approximate surface area is 150 Å². The number of morpholine rings is 1. The molecular weight excluding hydrogens is 318 g/mol. The minimum atomic E-state index is 0.0187. The van der Waals surface area contributed by atoms with Gasteiger partial charge in [-0.1, -0.05) is 0 Å². The summed E-state index contributed by atoms with van der Waals surface area (Å²) in [5.74, 6) is 1.31. The van der Waals surface area contributed by atoms with Gasteiger partial charge in [0.1, 0.15) is 5.76 Å². The summed E-state index contributed by atoms with van der Waals surface area (Å²) in [6.45, 7) is 15.4. The van der Waals surface area contributed by atoms with Gasteiger partial charge in [-0.05, 0) is 33.8 Å². The number of ether oxygens (including phenoxy) is 1. The summed E-state index contributed by atoms with van der Waals surface area (Å²) in [6.07, 6.45) is 0.272. The van der Waals surface area contributed by atoms with Crippen molar-refractivity contribution in [2.75, 3.05) is 52.4 Å². The van der Waals surface area contributed by atoms with E-state index in [4.69, 9.17) is 9.15 Å². The van der Waals surface area contributed by atoms with Crippen molar-refractivity contribution in [3.63, 3.8) is 0 Å². The highest BCUT2D eigenvalue weighted by Crippen LogP contribution is 2.18. The van der Waals surface area contributed by atoms with Crippen LogP contribution in [0.15, 0.2) is 10.5 Å². The van der Waals surface area contributed by atoms with E-state index in [1.807, 2.05) is 24.8 Å². The monoisotopic (exact) mass is 349 g/mol. The normalized spacial score (nSPS) is 23.4. The van der Waals surface area contributed by atoms with Crippen LogP contribution in [-0.4, -0.2) is 85.2 Å². The lowest BCUT2D eigenvalue weighted by molar-refractivity contribution is -0.0556. The number of carbonyl (C=O) groups is 1. The van der Waals surface area contributed by atoms with Crippen LogP contribution in [-0.2, 0) is 4.74 Å². The van der Waals surface area contributed by atoms with Crippen molar-refractivity contribution in [3.8, 4) is 0 Å². The van der Waals surface area contributed by atoms with Crippen LogP contribution in [0.3, 0.4) is 0 Å². The number of hydrogen-bond acceptors (Lipinski definition) is 5. The molecule has 0 spiro atoms. The Morgan fingerprint density at radius 2 is 1.92 bits per heavy atom. The predicted molar refractivity (Wildman–Crippen MR) is 97.0 cm³/mol. The minimum Gasteiger partial charge on any atom is -0.456 e. The quantitative estimate of drug-likeness (QED) is 0.829. The highest BCUT2D eigenvalue weighted by Gasteiger charge is 2.28. The minimum absolute atomic E-state index is 0.0187. The first-order chi connectivity index (χ1) is 11.9. The molecule has 1 amide bonds. The fourth-order valence-electron chi connectivity index (χ4n) is 3.74. The molecule has 0 aliphatic carbocycles. The second-order valence-corrected chi connectivity index (χ2v) is 7.54. The molecule has 1 unspecified atom stereocenters. The van der Waals surface area contributed by atoms with Gasteiger partial charge in [0.25, 0.3) is 5.91 Å². The Morgan fingerprint density at radius 1 is 1.20 bits per heavy atom. The van der Waals surface area contributed by atoms with Crippen LogP contribution < -0.4 is 0 Å². The first-order valence-corrected chi connectivity index (χ1v) is 9.38. The summed E-state index contributed by atoms with van der Waals surface area (Å²) >= 11 is 0. The molecule has 0 N–H and O–H groups in total. The molecule has 1 aromatic rings. The molecule has 1 aromatic heterocycles. The van der Waals surface area contributed by atoms with Crippen LogP contribution in [0.5, 0.6) is 0 Å². The fraction of sp³-hybridized carbons (Fsp3) is 0.737. The average molecular weight is 349 g/mol. The van der Waals surface area contributed by atoms with Crippen molar-refractivity contribution < 1.29 is 13.9 Å². The van der Waals surface area contributed by atoms with E-state index < -0.39 is 0 Å². The molecule has 25 heavy (non-hydrogen) atoms. The van der Waals surface area contributed by atoms with Gasteiger partial charge in [-0.25, -0.2) is 0 Å². The fourth-order valence-corrected chi connectivity index (χ4v) is 3.74. The first-order valence-electron chi connectivity index (χ1n) is 9.38. The van der Waals surface area contributed by atoms with Crippen molar-refractivity contribution in [1.82, 2.24) is 14.7 Å². The average Bonchev–Trinajstić information content (AvgIpc) is 2.93. The van der Waals surface area contributed by atoms with Gasteiger partial charge >= 0.3 is 0 Å². The van der Waals surface area contributed by atoms with E-state index in [0.717, 1.165) is 63.7 Å². The maximum Gasteiger partial charge on any atom is 0.289 e. The zero-order valence-corrected chi connectivity index (χ0v) is 16.0. The predicted octanol–water partition coefficient (Wildman–Crippen LogP) is 1.76. The van der Waals surface area contributed by atoms with Crippen LogP contribution >= 0.6 is 0 Å². The summed E-state index contributed by atoms with van der Waals surface area (Å²) in [5, 5.41) is 0. The second-order valence-electron chi connectivity index (χ2n) is 7.54. The Hall–Kier alpha value is -1.37. The van der Waals surface area contributed by atoms with E-state index in [1.165, 1.54) is 0 Å². The third-order valence-corrected chi connectivity index (χ3v) is 5.26. The van der Waals surface area contributed by atoms with E-state index in [9.17, 15) is 4.79 Å². The summed E-state index contributed by atoms with van der Waals surface area (Å²) in [5.41, 5.74) is 0.925. The largest absolute Gasteiger partial charge is 0.456 e.